The molecule has 0 saturated carbocycles. The predicted molar refractivity (Wildman–Crippen MR) is 152 cm³/mol. The molecule has 0 aliphatic heterocycles. The maximum absolute atomic E-state index is 11.2. The molecule has 0 saturated heterocycles. The minimum absolute atomic E-state index is 0.0727. The number of phenols is 3. The van der Waals surface area contributed by atoms with E-state index in [4.69, 9.17) is 14.2 Å². The zero-order valence-corrected chi connectivity index (χ0v) is 21.6. The minimum atomic E-state index is -0.133. The summed E-state index contributed by atoms with van der Waals surface area (Å²) in [6.45, 7) is 0.283. The molecule has 6 nitrogen and oxygen atoms in total. The normalized spacial score (nSPS) is 10.7. The van der Waals surface area contributed by atoms with Crippen LogP contribution in [0, 0.1) is 0 Å². The van der Waals surface area contributed by atoms with Gasteiger partial charge in [-0.3, -0.25) is 0 Å². The molecule has 0 radical (unpaired) electrons. The van der Waals surface area contributed by atoms with E-state index in [0.717, 1.165) is 22.3 Å². The van der Waals surface area contributed by atoms with Crippen molar-refractivity contribution in [3.8, 4) is 67.9 Å². The van der Waals surface area contributed by atoms with E-state index in [-0.39, 0.29) is 29.6 Å². The molecule has 5 aromatic rings. The van der Waals surface area contributed by atoms with E-state index in [0.29, 0.717) is 28.2 Å². The Morgan fingerprint density at radius 3 is 1.87 bits per heavy atom. The van der Waals surface area contributed by atoms with Gasteiger partial charge in [0, 0.05) is 5.56 Å². The van der Waals surface area contributed by atoms with Crippen LogP contribution in [0.15, 0.2) is 103 Å². The van der Waals surface area contributed by atoms with Gasteiger partial charge in [-0.25, -0.2) is 0 Å². The predicted octanol–water partition coefficient (Wildman–Crippen LogP) is 7.40. The summed E-state index contributed by atoms with van der Waals surface area (Å²) < 4.78 is 17.0. The Labute approximate surface area is 226 Å². The molecule has 0 heterocycles. The van der Waals surface area contributed by atoms with Crippen LogP contribution in [0.1, 0.15) is 5.56 Å². The number of hydrogen-bond acceptors (Lipinski definition) is 6. The fourth-order valence-electron chi connectivity index (χ4n) is 4.51. The van der Waals surface area contributed by atoms with E-state index in [2.05, 4.69) is 12.1 Å². The second-order valence-electron chi connectivity index (χ2n) is 8.96. The molecular formula is C33H28O6. The molecule has 0 spiro atoms. The molecule has 0 bridgehead atoms. The van der Waals surface area contributed by atoms with Crippen LogP contribution in [-0.2, 0) is 6.61 Å². The van der Waals surface area contributed by atoms with Crippen LogP contribution < -0.4 is 14.2 Å². The van der Waals surface area contributed by atoms with Gasteiger partial charge in [0.25, 0.3) is 0 Å². The summed E-state index contributed by atoms with van der Waals surface area (Å²) in [5, 5.41) is 31.6. The van der Waals surface area contributed by atoms with Gasteiger partial charge in [0.05, 0.1) is 19.8 Å². The lowest BCUT2D eigenvalue weighted by atomic mass is 9.96. The highest BCUT2D eigenvalue weighted by Crippen LogP contribution is 2.50. The second-order valence-corrected chi connectivity index (χ2v) is 8.96. The molecule has 0 atom stereocenters. The van der Waals surface area contributed by atoms with Gasteiger partial charge in [-0.05, 0) is 58.1 Å². The Morgan fingerprint density at radius 1 is 0.590 bits per heavy atom. The van der Waals surface area contributed by atoms with E-state index >= 15 is 0 Å². The van der Waals surface area contributed by atoms with Gasteiger partial charge in [0.1, 0.15) is 18.1 Å². The highest BCUT2D eigenvalue weighted by Gasteiger charge is 2.22. The molecule has 0 amide bonds. The molecular weight excluding hydrogens is 492 g/mol. The zero-order chi connectivity index (χ0) is 27.4. The van der Waals surface area contributed by atoms with E-state index in [1.165, 1.54) is 20.3 Å². The molecule has 6 heteroatoms. The van der Waals surface area contributed by atoms with E-state index in [1.807, 2.05) is 42.5 Å². The van der Waals surface area contributed by atoms with Crippen LogP contribution >= 0.6 is 0 Å². The first-order chi connectivity index (χ1) is 19.0. The first kappa shape index (κ1) is 25.5. The average Bonchev–Trinajstić information content (AvgIpc) is 2.97. The van der Waals surface area contributed by atoms with Gasteiger partial charge in [0.2, 0.25) is 0 Å². The number of phenolic OH excluding ortho intramolecular Hbond substituents is 3. The maximum Gasteiger partial charge on any atom is 0.170 e. The molecule has 5 aromatic carbocycles. The van der Waals surface area contributed by atoms with Crippen molar-refractivity contribution in [1.82, 2.24) is 0 Å². The van der Waals surface area contributed by atoms with Crippen molar-refractivity contribution >= 4 is 0 Å². The standard InChI is InChI=1S/C33H28O6/c1-37-30-19-27(24-12-15-26(34)16-13-24)33(38-2)32(36)31(30)25-14-17-29(28(35)18-25)39-20-21-8-10-23(11-9-21)22-6-4-3-5-7-22/h3-19,34-36H,20H2,1-2H3. The Bertz CT molecular complexity index is 1580. The maximum atomic E-state index is 11.2. The lowest BCUT2D eigenvalue weighted by Crippen LogP contribution is -1.97. The van der Waals surface area contributed by atoms with Crippen LogP contribution in [0.4, 0.5) is 0 Å². The van der Waals surface area contributed by atoms with Crippen molar-refractivity contribution in [3.05, 3.63) is 109 Å². The highest BCUT2D eigenvalue weighted by atomic mass is 16.5. The Morgan fingerprint density at radius 2 is 1.23 bits per heavy atom. The third-order valence-corrected chi connectivity index (χ3v) is 6.52. The van der Waals surface area contributed by atoms with Crippen LogP contribution in [-0.4, -0.2) is 29.5 Å². The molecule has 0 fully saturated rings. The number of rotatable bonds is 8. The van der Waals surface area contributed by atoms with Gasteiger partial charge < -0.3 is 29.5 Å². The summed E-state index contributed by atoms with van der Waals surface area (Å²) in [5.41, 5.74) is 5.45. The SMILES string of the molecule is COc1cc(-c2ccc(O)cc2)c(OC)c(O)c1-c1ccc(OCc2ccc(-c3ccccc3)cc2)c(O)c1. The van der Waals surface area contributed by atoms with Crippen LogP contribution in [0.25, 0.3) is 33.4 Å². The van der Waals surface area contributed by atoms with Gasteiger partial charge >= 0.3 is 0 Å². The Balaban J connectivity index is 1.39. The first-order valence-electron chi connectivity index (χ1n) is 12.4. The van der Waals surface area contributed by atoms with Crippen molar-refractivity contribution in [2.45, 2.75) is 6.61 Å². The first-order valence-corrected chi connectivity index (χ1v) is 12.4. The molecule has 0 aromatic heterocycles. The van der Waals surface area contributed by atoms with Crippen LogP contribution in [0.2, 0.25) is 0 Å². The fourth-order valence-corrected chi connectivity index (χ4v) is 4.51. The molecule has 3 N–H and O–H groups in total. The van der Waals surface area contributed by atoms with Crippen molar-refractivity contribution in [2.24, 2.45) is 0 Å². The van der Waals surface area contributed by atoms with Crippen molar-refractivity contribution in [2.75, 3.05) is 14.2 Å². The third kappa shape index (κ3) is 5.31. The quantitative estimate of drug-likeness (QED) is 0.198. The number of hydrogen-bond donors (Lipinski definition) is 3. The van der Waals surface area contributed by atoms with Gasteiger partial charge in [-0.2, -0.15) is 0 Å². The monoisotopic (exact) mass is 520 g/mol. The molecule has 0 aliphatic rings. The summed E-state index contributed by atoms with van der Waals surface area (Å²) in [4.78, 5) is 0. The van der Waals surface area contributed by atoms with Gasteiger partial charge in [0.15, 0.2) is 23.0 Å². The number of methoxy groups -OCH3 is 2. The average molecular weight is 521 g/mol. The molecule has 0 unspecified atom stereocenters. The zero-order valence-electron chi connectivity index (χ0n) is 21.6. The van der Waals surface area contributed by atoms with Gasteiger partial charge in [-0.15, -0.1) is 0 Å². The van der Waals surface area contributed by atoms with Gasteiger partial charge in [-0.1, -0.05) is 72.8 Å². The second kappa shape index (κ2) is 11.1. The topological polar surface area (TPSA) is 88.4 Å². The van der Waals surface area contributed by atoms with Crippen molar-refractivity contribution in [3.63, 3.8) is 0 Å². The third-order valence-electron chi connectivity index (χ3n) is 6.52. The lowest BCUT2D eigenvalue weighted by molar-refractivity contribution is 0.289. The largest absolute Gasteiger partial charge is 0.508 e. The molecule has 5 rings (SSSR count). The molecule has 196 valence electrons. The summed E-state index contributed by atoms with van der Waals surface area (Å²) >= 11 is 0. The number of aromatic hydroxyl groups is 3. The summed E-state index contributed by atoms with van der Waals surface area (Å²) in [7, 11) is 2.97. The summed E-state index contributed by atoms with van der Waals surface area (Å²) in [6, 6.07) is 31.4. The highest BCUT2D eigenvalue weighted by molar-refractivity contribution is 5.88. The lowest BCUT2D eigenvalue weighted by Gasteiger charge is -2.18. The summed E-state index contributed by atoms with van der Waals surface area (Å²) in [6.07, 6.45) is 0. The number of ether oxygens (including phenoxy) is 3. The Kier molecular flexibility index (Phi) is 7.28. The summed E-state index contributed by atoms with van der Waals surface area (Å²) in [5.74, 6) is 0.880. The molecule has 39 heavy (non-hydrogen) atoms. The smallest absolute Gasteiger partial charge is 0.170 e. The Hall–Kier alpha value is -5.10. The van der Waals surface area contributed by atoms with Crippen LogP contribution in [0.5, 0.6) is 34.5 Å². The molecule has 0 aliphatic carbocycles. The number of benzene rings is 5. The minimum Gasteiger partial charge on any atom is -0.508 e. The fraction of sp³-hybridized carbons (Fsp3) is 0.0909. The van der Waals surface area contributed by atoms with E-state index in [1.54, 1.807) is 42.5 Å². The van der Waals surface area contributed by atoms with E-state index in [9.17, 15) is 15.3 Å². The van der Waals surface area contributed by atoms with Crippen molar-refractivity contribution in [1.29, 1.82) is 0 Å². The van der Waals surface area contributed by atoms with Crippen LogP contribution in [0.3, 0.4) is 0 Å². The van der Waals surface area contributed by atoms with E-state index < -0.39 is 0 Å². The van der Waals surface area contributed by atoms with Crippen molar-refractivity contribution < 1.29 is 29.5 Å².